The lowest BCUT2D eigenvalue weighted by Gasteiger charge is -2.06. The number of amides is 1. The summed E-state index contributed by atoms with van der Waals surface area (Å²) < 4.78 is 5.35. The van der Waals surface area contributed by atoms with E-state index in [2.05, 4.69) is 10.3 Å². The van der Waals surface area contributed by atoms with Gasteiger partial charge in [-0.2, -0.15) is 0 Å². The van der Waals surface area contributed by atoms with Crippen molar-refractivity contribution in [2.75, 3.05) is 11.9 Å². The molecule has 1 amide bonds. The molecule has 1 aromatic heterocycles. The fraction of sp³-hybridized carbons (Fsp3) is 0.143. The number of pyridine rings is 1. The van der Waals surface area contributed by atoms with Gasteiger partial charge in [0.15, 0.2) is 0 Å². The topological polar surface area (TPSA) is 51.2 Å². The summed E-state index contributed by atoms with van der Waals surface area (Å²) in [5.41, 5.74) is 0.548. The molecule has 0 saturated carbocycles. The van der Waals surface area contributed by atoms with Crippen LogP contribution in [0.3, 0.4) is 0 Å². The van der Waals surface area contributed by atoms with Gasteiger partial charge in [-0.1, -0.05) is 12.1 Å². The lowest BCUT2D eigenvalue weighted by atomic mass is 10.2. The fourth-order valence-corrected chi connectivity index (χ4v) is 1.52. The number of anilines is 1. The highest BCUT2D eigenvalue weighted by Gasteiger charge is 2.07. The molecule has 2 rings (SSSR count). The number of nitrogens with one attached hydrogen (secondary N) is 1. The maximum atomic E-state index is 12.0. The SMILES string of the molecule is CCOc1cccc(C(=O)Nc2ccccn2)c1. The van der Waals surface area contributed by atoms with E-state index in [0.29, 0.717) is 23.7 Å². The van der Waals surface area contributed by atoms with Gasteiger partial charge in [0.05, 0.1) is 6.61 Å². The summed E-state index contributed by atoms with van der Waals surface area (Å²) in [4.78, 5) is 16.0. The van der Waals surface area contributed by atoms with Gasteiger partial charge in [0, 0.05) is 11.8 Å². The van der Waals surface area contributed by atoms with E-state index in [0.717, 1.165) is 0 Å². The number of ether oxygens (including phenoxy) is 1. The van der Waals surface area contributed by atoms with E-state index in [-0.39, 0.29) is 5.91 Å². The van der Waals surface area contributed by atoms with Crippen molar-refractivity contribution in [3.63, 3.8) is 0 Å². The van der Waals surface area contributed by atoms with Crippen molar-refractivity contribution in [2.24, 2.45) is 0 Å². The van der Waals surface area contributed by atoms with E-state index in [1.807, 2.05) is 19.1 Å². The van der Waals surface area contributed by atoms with E-state index >= 15 is 0 Å². The third-order valence-corrected chi connectivity index (χ3v) is 2.31. The molecule has 1 heterocycles. The zero-order valence-electron chi connectivity index (χ0n) is 10.1. The zero-order chi connectivity index (χ0) is 12.8. The lowest BCUT2D eigenvalue weighted by molar-refractivity contribution is 0.102. The molecule has 0 atom stereocenters. The number of benzene rings is 1. The van der Waals surface area contributed by atoms with E-state index in [1.165, 1.54) is 0 Å². The molecular weight excluding hydrogens is 228 g/mol. The zero-order valence-corrected chi connectivity index (χ0v) is 10.1. The first-order valence-corrected chi connectivity index (χ1v) is 5.75. The average Bonchev–Trinajstić information content (AvgIpc) is 2.40. The Morgan fingerprint density at radius 3 is 2.89 bits per heavy atom. The van der Waals surface area contributed by atoms with Crippen LogP contribution in [0, 0.1) is 0 Å². The quantitative estimate of drug-likeness (QED) is 0.896. The standard InChI is InChI=1S/C14H14N2O2/c1-2-18-12-7-5-6-11(10-12)14(17)16-13-8-3-4-9-15-13/h3-10H,2H2,1H3,(H,15,16,17). The molecule has 0 bridgehead atoms. The number of nitrogens with zero attached hydrogens (tertiary/aromatic N) is 1. The van der Waals surface area contributed by atoms with E-state index < -0.39 is 0 Å². The molecule has 0 radical (unpaired) electrons. The summed E-state index contributed by atoms with van der Waals surface area (Å²) in [6.07, 6.45) is 1.63. The second-order valence-electron chi connectivity index (χ2n) is 3.63. The minimum atomic E-state index is -0.199. The van der Waals surface area contributed by atoms with Crippen molar-refractivity contribution in [3.05, 3.63) is 54.2 Å². The molecule has 2 aromatic rings. The third kappa shape index (κ3) is 3.07. The molecule has 0 saturated heterocycles. The van der Waals surface area contributed by atoms with Gasteiger partial charge in [-0.3, -0.25) is 4.79 Å². The van der Waals surface area contributed by atoms with Gasteiger partial charge in [0.2, 0.25) is 0 Å². The smallest absolute Gasteiger partial charge is 0.256 e. The molecule has 0 aliphatic rings. The molecule has 1 aromatic carbocycles. The number of carbonyl (C=O) groups is 1. The van der Waals surface area contributed by atoms with Crippen LogP contribution in [0.25, 0.3) is 0 Å². The second kappa shape index (κ2) is 5.82. The van der Waals surface area contributed by atoms with Crippen molar-refractivity contribution < 1.29 is 9.53 Å². The Hall–Kier alpha value is -2.36. The van der Waals surface area contributed by atoms with Crippen LogP contribution in [0.2, 0.25) is 0 Å². The van der Waals surface area contributed by atoms with Crippen LogP contribution >= 0.6 is 0 Å². The molecule has 92 valence electrons. The van der Waals surface area contributed by atoms with Crippen molar-refractivity contribution in [1.29, 1.82) is 0 Å². The summed E-state index contributed by atoms with van der Waals surface area (Å²) in [7, 11) is 0. The summed E-state index contributed by atoms with van der Waals surface area (Å²) >= 11 is 0. The number of rotatable bonds is 4. The van der Waals surface area contributed by atoms with Gasteiger partial charge >= 0.3 is 0 Å². The second-order valence-corrected chi connectivity index (χ2v) is 3.63. The maximum Gasteiger partial charge on any atom is 0.256 e. The molecule has 0 spiro atoms. The predicted molar refractivity (Wildman–Crippen MR) is 69.8 cm³/mol. The summed E-state index contributed by atoms with van der Waals surface area (Å²) in [6, 6.07) is 12.4. The van der Waals surface area contributed by atoms with Crippen molar-refractivity contribution >= 4 is 11.7 Å². The van der Waals surface area contributed by atoms with Gasteiger partial charge in [-0.25, -0.2) is 4.98 Å². The highest BCUT2D eigenvalue weighted by molar-refractivity contribution is 6.03. The molecule has 0 aliphatic heterocycles. The van der Waals surface area contributed by atoms with Gasteiger partial charge in [-0.05, 0) is 37.3 Å². The molecule has 0 fully saturated rings. The molecular formula is C14H14N2O2. The van der Waals surface area contributed by atoms with E-state index in [9.17, 15) is 4.79 Å². The minimum Gasteiger partial charge on any atom is -0.494 e. The monoisotopic (exact) mass is 242 g/mol. The Morgan fingerprint density at radius 1 is 1.28 bits per heavy atom. The molecule has 1 N–H and O–H groups in total. The number of aromatic nitrogens is 1. The van der Waals surface area contributed by atoms with E-state index in [1.54, 1.807) is 36.5 Å². The predicted octanol–water partition coefficient (Wildman–Crippen LogP) is 2.73. The average molecular weight is 242 g/mol. The molecule has 0 aliphatic carbocycles. The molecule has 18 heavy (non-hydrogen) atoms. The van der Waals surface area contributed by atoms with Gasteiger partial charge < -0.3 is 10.1 Å². The van der Waals surface area contributed by atoms with Gasteiger partial charge in [-0.15, -0.1) is 0 Å². The molecule has 4 heteroatoms. The van der Waals surface area contributed by atoms with Crippen molar-refractivity contribution in [1.82, 2.24) is 4.98 Å². The first-order valence-electron chi connectivity index (χ1n) is 5.75. The molecule has 0 unspecified atom stereocenters. The fourth-order valence-electron chi connectivity index (χ4n) is 1.52. The van der Waals surface area contributed by atoms with Gasteiger partial charge in [0.25, 0.3) is 5.91 Å². The van der Waals surface area contributed by atoms with Crippen LogP contribution in [-0.4, -0.2) is 17.5 Å². The number of hydrogen-bond acceptors (Lipinski definition) is 3. The third-order valence-electron chi connectivity index (χ3n) is 2.31. The maximum absolute atomic E-state index is 12.0. The van der Waals surface area contributed by atoms with Crippen LogP contribution in [0.15, 0.2) is 48.7 Å². The Morgan fingerprint density at radius 2 is 2.17 bits per heavy atom. The Balaban J connectivity index is 2.11. The first kappa shape index (κ1) is 12.1. The van der Waals surface area contributed by atoms with E-state index in [4.69, 9.17) is 4.74 Å². The van der Waals surface area contributed by atoms with Crippen molar-refractivity contribution in [2.45, 2.75) is 6.92 Å². The number of carbonyl (C=O) groups excluding carboxylic acids is 1. The van der Waals surface area contributed by atoms with Crippen LogP contribution in [-0.2, 0) is 0 Å². The van der Waals surface area contributed by atoms with Crippen molar-refractivity contribution in [3.8, 4) is 5.75 Å². The van der Waals surface area contributed by atoms with Crippen LogP contribution < -0.4 is 10.1 Å². The Labute approximate surface area is 106 Å². The Kier molecular flexibility index (Phi) is 3.91. The van der Waals surface area contributed by atoms with Crippen LogP contribution in [0.4, 0.5) is 5.82 Å². The summed E-state index contributed by atoms with van der Waals surface area (Å²) in [5.74, 6) is 1.02. The summed E-state index contributed by atoms with van der Waals surface area (Å²) in [5, 5.41) is 2.72. The summed E-state index contributed by atoms with van der Waals surface area (Å²) in [6.45, 7) is 2.48. The first-order chi connectivity index (χ1) is 8.79. The van der Waals surface area contributed by atoms with Crippen LogP contribution in [0.1, 0.15) is 17.3 Å². The highest BCUT2D eigenvalue weighted by Crippen LogP contribution is 2.14. The lowest BCUT2D eigenvalue weighted by Crippen LogP contribution is -2.12. The molecule has 4 nitrogen and oxygen atoms in total. The minimum absolute atomic E-state index is 0.199. The van der Waals surface area contributed by atoms with Crippen LogP contribution in [0.5, 0.6) is 5.75 Å². The van der Waals surface area contributed by atoms with Gasteiger partial charge in [0.1, 0.15) is 11.6 Å². The number of hydrogen-bond donors (Lipinski definition) is 1. The normalized spacial score (nSPS) is 9.83. The largest absolute Gasteiger partial charge is 0.494 e. The Bertz CT molecular complexity index is 526. The highest BCUT2D eigenvalue weighted by atomic mass is 16.5.